The van der Waals surface area contributed by atoms with E-state index in [1.54, 1.807) is 10.9 Å². The van der Waals surface area contributed by atoms with E-state index in [1.807, 2.05) is 36.5 Å². The summed E-state index contributed by atoms with van der Waals surface area (Å²) >= 11 is 0. The van der Waals surface area contributed by atoms with Gasteiger partial charge in [0.25, 0.3) is 5.91 Å². The van der Waals surface area contributed by atoms with Crippen molar-refractivity contribution in [1.82, 2.24) is 15.1 Å². The highest BCUT2D eigenvalue weighted by atomic mass is 19.2. The summed E-state index contributed by atoms with van der Waals surface area (Å²) in [5, 5.41) is 6.84. The molecule has 0 spiro atoms. The van der Waals surface area contributed by atoms with Gasteiger partial charge in [0.05, 0.1) is 5.69 Å². The summed E-state index contributed by atoms with van der Waals surface area (Å²) in [6, 6.07) is 12.7. The molecule has 0 aliphatic rings. The lowest BCUT2D eigenvalue weighted by Gasteiger charge is -2.07. The fourth-order valence-corrected chi connectivity index (χ4v) is 2.30. The van der Waals surface area contributed by atoms with Crippen molar-refractivity contribution in [2.45, 2.75) is 6.42 Å². The van der Waals surface area contributed by atoms with Crippen LogP contribution in [0.5, 0.6) is 0 Å². The Hall–Kier alpha value is -3.02. The summed E-state index contributed by atoms with van der Waals surface area (Å²) in [6.07, 6.45) is 4.20. The Morgan fingerprint density at radius 1 is 1.08 bits per heavy atom. The molecule has 3 rings (SSSR count). The second-order valence-electron chi connectivity index (χ2n) is 5.25. The summed E-state index contributed by atoms with van der Waals surface area (Å²) in [4.78, 5) is 11.9. The monoisotopic (exact) mass is 327 g/mol. The van der Waals surface area contributed by atoms with E-state index in [0.717, 1.165) is 23.4 Å². The molecule has 0 bridgehead atoms. The van der Waals surface area contributed by atoms with Gasteiger partial charge in [0.1, 0.15) is 0 Å². The second kappa shape index (κ2) is 7.04. The van der Waals surface area contributed by atoms with E-state index in [9.17, 15) is 13.6 Å². The number of benzene rings is 2. The Balaban J connectivity index is 1.54. The number of amides is 1. The third-order valence-corrected chi connectivity index (χ3v) is 3.59. The van der Waals surface area contributed by atoms with Crippen LogP contribution in [-0.2, 0) is 6.42 Å². The lowest BCUT2D eigenvalue weighted by molar-refractivity contribution is 0.0953. The molecule has 1 amide bonds. The van der Waals surface area contributed by atoms with Gasteiger partial charge in [0.2, 0.25) is 0 Å². The quantitative estimate of drug-likeness (QED) is 0.783. The van der Waals surface area contributed by atoms with E-state index in [1.165, 1.54) is 6.07 Å². The Morgan fingerprint density at radius 2 is 1.88 bits per heavy atom. The lowest BCUT2D eigenvalue weighted by Crippen LogP contribution is -2.25. The molecule has 1 heterocycles. The second-order valence-corrected chi connectivity index (χ2v) is 5.25. The van der Waals surface area contributed by atoms with E-state index < -0.39 is 17.5 Å². The van der Waals surface area contributed by atoms with Crippen LogP contribution in [0.25, 0.3) is 5.69 Å². The molecule has 122 valence electrons. The number of nitrogens with zero attached hydrogens (tertiary/aromatic N) is 2. The van der Waals surface area contributed by atoms with Gasteiger partial charge >= 0.3 is 0 Å². The molecule has 0 aliphatic carbocycles. The van der Waals surface area contributed by atoms with Crippen LogP contribution < -0.4 is 5.32 Å². The van der Waals surface area contributed by atoms with Gasteiger partial charge in [-0.05, 0) is 48.4 Å². The number of hydrogen-bond donors (Lipinski definition) is 1. The fraction of sp³-hybridized carbons (Fsp3) is 0.111. The van der Waals surface area contributed by atoms with Crippen LogP contribution >= 0.6 is 0 Å². The van der Waals surface area contributed by atoms with Gasteiger partial charge in [-0.25, -0.2) is 13.5 Å². The molecule has 0 fully saturated rings. The Labute approximate surface area is 137 Å². The molecule has 0 saturated heterocycles. The van der Waals surface area contributed by atoms with Gasteiger partial charge < -0.3 is 5.32 Å². The number of nitrogens with one attached hydrogen (secondary N) is 1. The molecular weight excluding hydrogens is 312 g/mol. The van der Waals surface area contributed by atoms with Crippen molar-refractivity contribution in [1.29, 1.82) is 0 Å². The highest BCUT2D eigenvalue weighted by Crippen LogP contribution is 2.10. The zero-order valence-corrected chi connectivity index (χ0v) is 12.7. The molecule has 1 aromatic heterocycles. The van der Waals surface area contributed by atoms with Crippen LogP contribution in [0.1, 0.15) is 15.9 Å². The molecule has 24 heavy (non-hydrogen) atoms. The molecule has 3 aromatic rings. The molecule has 2 aromatic carbocycles. The van der Waals surface area contributed by atoms with E-state index in [0.29, 0.717) is 13.0 Å². The number of halogens is 2. The minimum absolute atomic E-state index is 0.0999. The Bertz CT molecular complexity index is 830. The predicted octanol–water partition coefficient (Wildman–Crippen LogP) is 3.12. The van der Waals surface area contributed by atoms with Crippen LogP contribution in [-0.4, -0.2) is 22.2 Å². The topological polar surface area (TPSA) is 46.9 Å². The average Bonchev–Trinajstić information content (AvgIpc) is 3.12. The first-order valence-corrected chi connectivity index (χ1v) is 7.46. The Kier molecular flexibility index (Phi) is 4.65. The van der Waals surface area contributed by atoms with E-state index in [2.05, 4.69) is 10.4 Å². The molecule has 0 radical (unpaired) electrons. The van der Waals surface area contributed by atoms with Crippen molar-refractivity contribution < 1.29 is 13.6 Å². The number of carbonyl (C=O) groups excluding carboxylic acids is 1. The summed E-state index contributed by atoms with van der Waals surface area (Å²) in [5.74, 6) is -2.43. The van der Waals surface area contributed by atoms with E-state index in [4.69, 9.17) is 0 Å². The van der Waals surface area contributed by atoms with Crippen molar-refractivity contribution in [3.8, 4) is 5.69 Å². The van der Waals surface area contributed by atoms with Gasteiger partial charge in [0, 0.05) is 24.5 Å². The Morgan fingerprint density at radius 3 is 2.54 bits per heavy atom. The van der Waals surface area contributed by atoms with E-state index in [-0.39, 0.29) is 5.56 Å². The zero-order chi connectivity index (χ0) is 16.9. The summed E-state index contributed by atoms with van der Waals surface area (Å²) < 4.78 is 27.7. The molecule has 0 atom stereocenters. The highest BCUT2D eigenvalue weighted by Gasteiger charge is 2.09. The smallest absolute Gasteiger partial charge is 0.251 e. The number of rotatable bonds is 5. The molecule has 0 unspecified atom stereocenters. The third kappa shape index (κ3) is 3.65. The predicted molar refractivity (Wildman–Crippen MR) is 86.0 cm³/mol. The standard InChI is InChI=1S/C18H15F2N3O/c19-16-7-4-14(12-17(16)20)18(24)21-10-8-13-2-5-15(6-3-13)23-11-1-9-22-23/h1-7,9,11-12H,8,10H2,(H,21,24). The van der Waals surface area contributed by atoms with Gasteiger partial charge in [-0.2, -0.15) is 5.10 Å². The molecule has 4 nitrogen and oxygen atoms in total. The average molecular weight is 327 g/mol. The largest absolute Gasteiger partial charge is 0.352 e. The first-order chi connectivity index (χ1) is 11.6. The maximum Gasteiger partial charge on any atom is 0.251 e. The van der Waals surface area contributed by atoms with Crippen molar-refractivity contribution >= 4 is 5.91 Å². The zero-order valence-electron chi connectivity index (χ0n) is 12.7. The molecule has 0 aliphatic heterocycles. The summed E-state index contributed by atoms with van der Waals surface area (Å²) in [7, 11) is 0. The van der Waals surface area contributed by atoms with Crippen LogP contribution in [0.4, 0.5) is 8.78 Å². The van der Waals surface area contributed by atoms with Crippen molar-refractivity contribution in [3.05, 3.63) is 83.7 Å². The first-order valence-electron chi connectivity index (χ1n) is 7.46. The van der Waals surface area contributed by atoms with Crippen molar-refractivity contribution in [2.24, 2.45) is 0 Å². The minimum Gasteiger partial charge on any atom is -0.352 e. The third-order valence-electron chi connectivity index (χ3n) is 3.59. The highest BCUT2D eigenvalue weighted by molar-refractivity contribution is 5.94. The van der Waals surface area contributed by atoms with Crippen LogP contribution in [0.2, 0.25) is 0 Å². The van der Waals surface area contributed by atoms with Crippen LogP contribution in [0.3, 0.4) is 0 Å². The van der Waals surface area contributed by atoms with Crippen LogP contribution in [0, 0.1) is 11.6 Å². The van der Waals surface area contributed by atoms with E-state index >= 15 is 0 Å². The molecule has 6 heteroatoms. The fourth-order valence-electron chi connectivity index (χ4n) is 2.30. The van der Waals surface area contributed by atoms with Crippen molar-refractivity contribution in [3.63, 3.8) is 0 Å². The first kappa shape index (κ1) is 15.9. The van der Waals surface area contributed by atoms with Gasteiger partial charge in [-0.15, -0.1) is 0 Å². The lowest BCUT2D eigenvalue weighted by atomic mass is 10.1. The molecule has 0 saturated carbocycles. The minimum atomic E-state index is -1.03. The van der Waals surface area contributed by atoms with Gasteiger partial charge in [0.15, 0.2) is 11.6 Å². The number of carbonyl (C=O) groups is 1. The number of hydrogen-bond acceptors (Lipinski definition) is 2. The number of aromatic nitrogens is 2. The van der Waals surface area contributed by atoms with Gasteiger partial charge in [-0.3, -0.25) is 4.79 Å². The summed E-state index contributed by atoms with van der Waals surface area (Å²) in [5.41, 5.74) is 2.11. The molecule has 1 N–H and O–H groups in total. The summed E-state index contributed by atoms with van der Waals surface area (Å²) in [6.45, 7) is 0.402. The van der Waals surface area contributed by atoms with Gasteiger partial charge in [-0.1, -0.05) is 12.1 Å². The molecular formula is C18H15F2N3O. The normalized spacial score (nSPS) is 10.6. The SMILES string of the molecule is O=C(NCCc1ccc(-n2cccn2)cc1)c1ccc(F)c(F)c1. The van der Waals surface area contributed by atoms with Crippen molar-refractivity contribution in [2.75, 3.05) is 6.54 Å². The maximum atomic E-state index is 13.1. The maximum absolute atomic E-state index is 13.1. The van der Waals surface area contributed by atoms with Crippen LogP contribution in [0.15, 0.2) is 60.9 Å².